The quantitative estimate of drug-likeness (QED) is 0.896. The molecule has 0 aromatic heterocycles. The van der Waals surface area contributed by atoms with Crippen molar-refractivity contribution in [3.05, 3.63) is 29.6 Å². The molecule has 20 heavy (non-hydrogen) atoms. The average Bonchev–Trinajstić information content (AvgIpc) is 3.11. The summed E-state index contributed by atoms with van der Waals surface area (Å²) in [5.41, 5.74) is 1.94. The molecule has 108 valence electrons. The fraction of sp³-hybridized carbons (Fsp3) is 0.562. The van der Waals surface area contributed by atoms with Gasteiger partial charge in [-0.25, -0.2) is 4.39 Å². The predicted molar refractivity (Wildman–Crippen MR) is 75.6 cm³/mol. The van der Waals surface area contributed by atoms with E-state index in [4.69, 9.17) is 5.11 Å². The minimum absolute atomic E-state index is 0.0428. The Morgan fingerprint density at radius 2 is 2.05 bits per heavy atom. The number of nitrogens with zero attached hydrogens (tertiary/aromatic N) is 1. The van der Waals surface area contributed by atoms with E-state index in [1.165, 1.54) is 6.07 Å². The average molecular weight is 277 g/mol. The third-order valence-corrected chi connectivity index (χ3v) is 4.42. The first-order valence-electron chi connectivity index (χ1n) is 7.41. The predicted octanol–water partition coefficient (Wildman–Crippen LogP) is 3.39. The molecule has 1 aromatic carbocycles. The number of anilines is 1. The van der Waals surface area contributed by atoms with Gasteiger partial charge in [-0.2, -0.15) is 0 Å². The molecule has 3 nitrogen and oxygen atoms in total. The second-order valence-corrected chi connectivity index (χ2v) is 5.94. The minimum atomic E-state index is -0.793. The molecule has 2 aliphatic rings. The first kappa shape index (κ1) is 13.4. The van der Waals surface area contributed by atoms with E-state index in [0.717, 1.165) is 50.0 Å². The van der Waals surface area contributed by atoms with Crippen molar-refractivity contribution in [2.75, 3.05) is 18.0 Å². The summed E-state index contributed by atoms with van der Waals surface area (Å²) in [6.07, 6.45) is 4.55. The highest BCUT2D eigenvalue weighted by atomic mass is 19.1. The van der Waals surface area contributed by atoms with Crippen LogP contribution in [0.5, 0.6) is 0 Å². The molecule has 1 saturated carbocycles. The molecule has 3 rings (SSSR count). The molecule has 1 unspecified atom stereocenters. The molecule has 1 N–H and O–H groups in total. The zero-order valence-corrected chi connectivity index (χ0v) is 11.5. The van der Waals surface area contributed by atoms with Crippen molar-refractivity contribution < 1.29 is 14.3 Å². The van der Waals surface area contributed by atoms with Crippen LogP contribution in [-0.4, -0.2) is 24.2 Å². The summed E-state index contributed by atoms with van der Waals surface area (Å²) in [4.78, 5) is 13.4. The maximum atomic E-state index is 13.6. The second kappa shape index (κ2) is 5.43. The Balaban J connectivity index is 1.95. The Kier molecular flexibility index (Phi) is 3.64. The van der Waals surface area contributed by atoms with E-state index in [0.29, 0.717) is 5.92 Å². The summed E-state index contributed by atoms with van der Waals surface area (Å²) in [7, 11) is 0. The molecule has 0 amide bonds. The van der Waals surface area contributed by atoms with E-state index in [9.17, 15) is 9.18 Å². The van der Waals surface area contributed by atoms with Gasteiger partial charge in [0.15, 0.2) is 0 Å². The minimum Gasteiger partial charge on any atom is -0.481 e. The molecule has 1 aliphatic heterocycles. The molecule has 2 fully saturated rings. The topological polar surface area (TPSA) is 40.5 Å². The van der Waals surface area contributed by atoms with Crippen LogP contribution in [-0.2, 0) is 4.79 Å². The highest BCUT2D eigenvalue weighted by Crippen LogP contribution is 2.47. The number of benzene rings is 1. The van der Waals surface area contributed by atoms with Gasteiger partial charge in [0.1, 0.15) is 5.82 Å². The molecule has 1 saturated heterocycles. The molecule has 0 radical (unpaired) electrons. The standard InChI is InChI=1S/C16H20FNO2/c17-12-5-6-15(18-7-1-2-8-18)14(9-12)13(10-16(19)20)11-3-4-11/h5-6,9,11,13H,1-4,7-8,10H2,(H,19,20). The Bertz CT molecular complexity index is 507. The van der Waals surface area contributed by atoms with Gasteiger partial charge in [0.2, 0.25) is 0 Å². The lowest BCUT2D eigenvalue weighted by molar-refractivity contribution is -0.137. The van der Waals surface area contributed by atoms with Crippen molar-refractivity contribution >= 4 is 11.7 Å². The van der Waals surface area contributed by atoms with Gasteiger partial charge < -0.3 is 10.0 Å². The third kappa shape index (κ3) is 2.79. The van der Waals surface area contributed by atoms with Crippen molar-refractivity contribution in [3.8, 4) is 0 Å². The molecule has 1 heterocycles. The Morgan fingerprint density at radius 1 is 1.35 bits per heavy atom. The fourth-order valence-corrected chi connectivity index (χ4v) is 3.29. The van der Waals surface area contributed by atoms with Gasteiger partial charge in [-0.15, -0.1) is 0 Å². The number of carbonyl (C=O) groups is 1. The molecule has 1 aliphatic carbocycles. The smallest absolute Gasteiger partial charge is 0.303 e. The van der Waals surface area contributed by atoms with Gasteiger partial charge in [0.25, 0.3) is 0 Å². The van der Waals surface area contributed by atoms with Crippen molar-refractivity contribution in [2.24, 2.45) is 5.92 Å². The van der Waals surface area contributed by atoms with Crippen LogP contribution in [0, 0.1) is 11.7 Å². The highest BCUT2D eigenvalue weighted by molar-refractivity contribution is 5.69. The summed E-state index contributed by atoms with van der Waals surface area (Å²) < 4.78 is 13.6. The molecule has 0 bridgehead atoms. The first-order valence-corrected chi connectivity index (χ1v) is 7.41. The van der Waals surface area contributed by atoms with Gasteiger partial charge in [0, 0.05) is 18.8 Å². The van der Waals surface area contributed by atoms with Crippen LogP contribution < -0.4 is 4.90 Å². The molecule has 4 heteroatoms. The van der Waals surface area contributed by atoms with Crippen molar-refractivity contribution in [1.29, 1.82) is 0 Å². The maximum absolute atomic E-state index is 13.6. The van der Waals surface area contributed by atoms with E-state index in [1.54, 1.807) is 6.07 Å². The van der Waals surface area contributed by atoms with Gasteiger partial charge >= 0.3 is 5.97 Å². The zero-order valence-electron chi connectivity index (χ0n) is 11.5. The normalized spacial score (nSPS) is 20.1. The van der Waals surface area contributed by atoms with Crippen LogP contribution in [0.2, 0.25) is 0 Å². The monoisotopic (exact) mass is 277 g/mol. The lowest BCUT2D eigenvalue weighted by Gasteiger charge is -2.25. The lowest BCUT2D eigenvalue weighted by Crippen LogP contribution is -2.21. The summed E-state index contributed by atoms with van der Waals surface area (Å²) >= 11 is 0. The number of aliphatic carboxylic acids is 1. The van der Waals surface area contributed by atoms with Crippen LogP contribution in [0.15, 0.2) is 18.2 Å². The number of hydrogen-bond donors (Lipinski definition) is 1. The van der Waals surface area contributed by atoms with E-state index in [2.05, 4.69) is 4.90 Å². The first-order chi connectivity index (χ1) is 9.65. The lowest BCUT2D eigenvalue weighted by atomic mass is 9.89. The summed E-state index contributed by atoms with van der Waals surface area (Å²) in [6.45, 7) is 1.98. The number of halogens is 1. The second-order valence-electron chi connectivity index (χ2n) is 5.94. The molecule has 0 spiro atoms. The van der Waals surface area contributed by atoms with Crippen LogP contribution in [0.1, 0.15) is 43.6 Å². The van der Waals surface area contributed by atoms with Gasteiger partial charge in [-0.05, 0) is 61.3 Å². The summed E-state index contributed by atoms with van der Waals surface area (Å²) in [6, 6.07) is 4.87. The molecular formula is C16H20FNO2. The van der Waals surface area contributed by atoms with Crippen LogP contribution in [0.3, 0.4) is 0 Å². The highest BCUT2D eigenvalue weighted by Gasteiger charge is 2.36. The Labute approximate surface area is 118 Å². The molecular weight excluding hydrogens is 257 g/mol. The van der Waals surface area contributed by atoms with Crippen LogP contribution >= 0.6 is 0 Å². The Morgan fingerprint density at radius 3 is 2.65 bits per heavy atom. The summed E-state index contributed by atoms with van der Waals surface area (Å²) in [5.74, 6) is -0.689. The third-order valence-electron chi connectivity index (χ3n) is 4.42. The van der Waals surface area contributed by atoms with E-state index in [-0.39, 0.29) is 18.2 Å². The molecule has 1 aromatic rings. The van der Waals surface area contributed by atoms with E-state index >= 15 is 0 Å². The summed E-state index contributed by atoms with van der Waals surface area (Å²) in [5, 5.41) is 9.14. The van der Waals surface area contributed by atoms with E-state index < -0.39 is 5.97 Å². The van der Waals surface area contributed by atoms with E-state index in [1.807, 2.05) is 6.07 Å². The molecule has 1 atom stereocenters. The zero-order chi connectivity index (χ0) is 14.1. The van der Waals surface area contributed by atoms with Gasteiger partial charge in [-0.3, -0.25) is 4.79 Å². The van der Waals surface area contributed by atoms with Crippen LogP contribution in [0.4, 0.5) is 10.1 Å². The number of hydrogen-bond acceptors (Lipinski definition) is 2. The number of carboxylic acids is 1. The van der Waals surface area contributed by atoms with Gasteiger partial charge in [0.05, 0.1) is 6.42 Å². The van der Waals surface area contributed by atoms with Gasteiger partial charge in [-0.1, -0.05) is 0 Å². The van der Waals surface area contributed by atoms with Crippen LogP contribution in [0.25, 0.3) is 0 Å². The number of rotatable bonds is 5. The SMILES string of the molecule is O=C(O)CC(c1cc(F)ccc1N1CCCC1)C1CC1. The van der Waals surface area contributed by atoms with Crippen molar-refractivity contribution in [2.45, 2.75) is 38.0 Å². The largest absolute Gasteiger partial charge is 0.481 e. The maximum Gasteiger partial charge on any atom is 0.303 e. The van der Waals surface area contributed by atoms with Crippen molar-refractivity contribution in [1.82, 2.24) is 0 Å². The number of carboxylic acid groups (broad SMARTS) is 1. The van der Waals surface area contributed by atoms with Crippen molar-refractivity contribution in [3.63, 3.8) is 0 Å². The fourth-order valence-electron chi connectivity index (χ4n) is 3.29. The Hall–Kier alpha value is -1.58.